The molecule has 2 aromatic rings. The Balaban J connectivity index is 1.79. The third kappa shape index (κ3) is 8.82. The second-order valence-corrected chi connectivity index (χ2v) is 7.80. The van der Waals surface area contributed by atoms with Crippen LogP contribution in [-0.4, -0.2) is 23.7 Å². The van der Waals surface area contributed by atoms with Gasteiger partial charge in [-0.3, -0.25) is 10.1 Å². The molecule has 0 aliphatic heterocycles. The van der Waals surface area contributed by atoms with E-state index in [1.165, 1.54) is 25.7 Å². The zero-order valence-corrected chi connectivity index (χ0v) is 18.9. The molecule has 0 aliphatic rings. The van der Waals surface area contributed by atoms with Crippen LogP contribution in [0.2, 0.25) is 0 Å². The van der Waals surface area contributed by atoms with E-state index >= 15 is 0 Å². The molecule has 30 heavy (non-hydrogen) atoms. The van der Waals surface area contributed by atoms with Crippen molar-refractivity contribution in [2.75, 3.05) is 11.9 Å². The molecule has 0 aliphatic carbocycles. The quantitative estimate of drug-likeness (QED) is 0.342. The molecular formula is C24H32N2O3S. The lowest BCUT2D eigenvalue weighted by molar-refractivity contribution is 0.0977. The van der Waals surface area contributed by atoms with Gasteiger partial charge in [-0.25, -0.2) is 0 Å². The van der Waals surface area contributed by atoms with Gasteiger partial charge in [-0.2, -0.15) is 0 Å². The number of carbonyl (C=O) groups excluding carboxylic acids is 1. The Labute approximate surface area is 185 Å². The maximum atomic E-state index is 12.4. The molecular weight excluding hydrogens is 396 g/mol. The van der Waals surface area contributed by atoms with Gasteiger partial charge in [0.2, 0.25) is 0 Å². The highest BCUT2D eigenvalue weighted by Crippen LogP contribution is 2.18. The summed E-state index contributed by atoms with van der Waals surface area (Å²) >= 11 is 5.26. The summed E-state index contributed by atoms with van der Waals surface area (Å²) in [6.07, 6.45) is 6.08. The Morgan fingerprint density at radius 1 is 1.00 bits per heavy atom. The molecule has 5 nitrogen and oxygen atoms in total. The van der Waals surface area contributed by atoms with Gasteiger partial charge in [0.1, 0.15) is 11.5 Å². The zero-order valence-electron chi connectivity index (χ0n) is 18.1. The lowest BCUT2D eigenvalue weighted by Crippen LogP contribution is -2.34. The molecule has 0 bridgehead atoms. The van der Waals surface area contributed by atoms with Gasteiger partial charge in [-0.05, 0) is 68.9 Å². The van der Waals surface area contributed by atoms with E-state index in [-0.39, 0.29) is 17.1 Å². The van der Waals surface area contributed by atoms with Crippen molar-refractivity contribution in [3.8, 4) is 11.5 Å². The smallest absolute Gasteiger partial charge is 0.257 e. The Bertz CT molecular complexity index is 806. The van der Waals surface area contributed by atoms with Gasteiger partial charge in [-0.15, -0.1) is 0 Å². The molecule has 0 unspecified atom stereocenters. The number of thiocarbonyl (C=S) groups is 1. The highest BCUT2D eigenvalue weighted by atomic mass is 32.1. The van der Waals surface area contributed by atoms with Gasteiger partial charge in [0.05, 0.1) is 12.7 Å². The fourth-order valence-electron chi connectivity index (χ4n) is 2.86. The molecule has 2 N–H and O–H groups in total. The predicted molar refractivity (Wildman–Crippen MR) is 127 cm³/mol. The molecule has 0 atom stereocenters. The van der Waals surface area contributed by atoms with Crippen LogP contribution in [-0.2, 0) is 0 Å². The Morgan fingerprint density at radius 2 is 1.73 bits per heavy atom. The van der Waals surface area contributed by atoms with Gasteiger partial charge in [0.25, 0.3) is 5.91 Å². The molecule has 0 aromatic heterocycles. The van der Waals surface area contributed by atoms with Crippen LogP contribution in [0.15, 0.2) is 48.5 Å². The molecule has 2 aromatic carbocycles. The van der Waals surface area contributed by atoms with Crippen molar-refractivity contribution in [2.24, 2.45) is 0 Å². The molecule has 0 saturated carbocycles. The van der Waals surface area contributed by atoms with Crippen LogP contribution in [0, 0.1) is 0 Å². The van der Waals surface area contributed by atoms with E-state index in [4.69, 9.17) is 21.7 Å². The summed E-state index contributed by atoms with van der Waals surface area (Å²) in [5.74, 6) is 1.24. The molecule has 0 heterocycles. The lowest BCUT2D eigenvalue weighted by Gasteiger charge is -2.13. The maximum absolute atomic E-state index is 12.4. The van der Waals surface area contributed by atoms with Crippen LogP contribution in [0.5, 0.6) is 11.5 Å². The summed E-state index contributed by atoms with van der Waals surface area (Å²) in [7, 11) is 0. The zero-order chi connectivity index (χ0) is 21.8. The van der Waals surface area contributed by atoms with Crippen LogP contribution in [0.3, 0.4) is 0 Å². The van der Waals surface area contributed by atoms with Gasteiger partial charge in [-0.1, -0.05) is 38.7 Å². The SMILES string of the molecule is CCCCCCCOc1ccc(C(=O)NC(=S)Nc2cccc(OC(C)C)c2)cc1. The van der Waals surface area contributed by atoms with Crippen molar-refractivity contribution >= 4 is 28.9 Å². The van der Waals surface area contributed by atoms with Gasteiger partial charge >= 0.3 is 0 Å². The Hall–Kier alpha value is -2.60. The second-order valence-electron chi connectivity index (χ2n) is 7.39. The molecule has 0 radical (unpaired) electrons. The predicted octanol–water partition coefficient (Wildman–Crippen LogP) is 5.95. The van der Waals surface area contributed by atoms with Crippen LogP contribution in [0.4, 0.5) is 5.69 Å². The largest absolute Gasteiger partial charge is 0.494 e. The van der Waals surface area contributed by atoms with E-state index in [0.717, 1.165) is 23.6 Å². The Morgan fingerprint density at radius 3 is 2.43 bits per heavy atom. The monoisotopic (exact) mass is 428 g/mol. The second kappa shape index (κ2) is 12.9. The van der Waals surface area contributed by atoms with Crippen LogP contribution in [0.1, 0.15) is 63.2 Å². The average Bonchev–Trinajstić information content (AvgIpc) is 2.70. The summed E-state index contributed by atoms with van der Waals surface area (Å²) in [4.78, 5) is 12.4. The van der Waals surface area contributed by atoms with Crippen molar-refractivity contribution in [1.82, 2.24) is 5.32 Å². The molecule has 1 amide bonds. The van der Waals surface area contributed by atoms with Crippen molar-refractivity contribution in [2.45, 2.75) is 59.0 Å². The number of nitrogens with one attached hydrogen (secondary N) is 2. The van der Waals surface area contributed by atoms with Gasteiger partial charge in [0, 0.05) is 17.3 Å². The van der Waals surface area contributed by atoms with E-state index in [9.17, 15) is 4.79 Å². The third-order valence-corrected chi connectivity index (χ3v) is 4.53. The molecule has 0 fully saturated rings. The van der Waals surface area contributed by atoms with E-state index in [2.05, 4.69) is 17.6 Å². The highest BCUT2D eigenvalue weighted by Gasteiger charge is 2.09. The van der Waals surface area contributed by atoms with E-state index < -0.39 is 0 Å². The third-order valence-electron chi connectivity index (χ3n) is 4.32. The van der Waals surface area contributed by atoms with Crippen molar-refractivity contribution in [1.29, 1.82) is 0 Å². The summed E-state index contributed by atoms with van der Waals surface area (Å²) in [5.41, 5.74) is 1.27. The number of amides is 1. The number of rotatable bonds is 11. The molecule has 162 valence electrons. The highest BCUT2D eigenvalue weighted by molar-refractivity contribution is 7.80. The standard InChI is InChI=1S/C24H32N2O3S/c1-4-5-6-7-8-16-28-21-14-12-19(13-15-21)23(27)26-24(30)25-20-10-9-11-22(17-20)29-18(2)3/h9-15,17-18H,4-8,16H2,1-3H3,(H2,25,26,27,30). The minimum atomic E-state index is -0.270. The van der Waals surface area contributed by atoms with Crippen LogP contribution < -0.4 is 20.1 Å². The summed E-state index contributed by atoms with van der Waals surface area (Å²) < 4.78 is 11.4. The van der Waals surface area contributed by atoms with Crippen molar-refractivity contribution in [3.63, 3.8) is 0 Å². The van der Waals surface area contributed by atoms with Crippen LogP contribution >= 0.6 is 12.2 Å². The van der Waals surface area contributed by atoms with E-state index in [1.807, 2.05) is 50.2 Å². The van der Waals surface area contributed by atoms with Crippen molar-refractivity contribution < 1.29 is 14.3 Å². The minimum Gasteiger partial charge on any atom is -0.494 e. The first-order valence-corrected chi connectivity index (χ1v) is 11.0. The summed E-state index contributed by atoms with van der Waals surface area (Å²) in [6, 6.07) is 14.5. The lowest BCUT2D eigenvalue weighted by atomic mass is 10.2. The molecule has 6 heteroatoms. The number of benzene rings is 2. The number of hydrogen-bond acceptors (Lipinski definition) is 4. The fourth-order valence-corrected chi connectivity index (χ4v) is 3.07. The number of hydrogen-bond donors (Lipinski definition) is 2. The maximum Gasteiger partial charge on any atom is 0.257 e. The van der Waals surface area contributed by atoms with Gasteiger partial charge in [0.15, 0.2) is 5.11 Å². The number of carbonyl (C=O) groups is 1. The number of ether oxygens (including phenoxy) is 2. The Kier molecular flexibility index (Phi) is 10.1. The molecule has 0 spiro atoms. The summed E-state index contributed by atoms with van der Waals surface area (Å²) in [6.45, 7) is 6.84. The summed E-state index contributed by atoms with van der Waals surface area (Å²) in [5, 5.41) is 5.94. The van der Waals surface area contributed by atoms with Crippen molar-refractivity contribution in [3.05, 3.63) is 54.1 Å². The number of unbranched alkanes of at least 4 members (excludes halogenated alkanes) is 4. The normalized spacial score (nSPS) is 10.5. The first-order valence-electron chi connectivity index (χ1n) is 10.6. The molecule has 2 rings (SSSR count). The first kappa shape index (κ1) is 23.7. The minimum absolute atomic E-state index is 0.0833. The van der Waals surface area contributed by atoms with Crippen LogP contribution in [0.25, 0.3) is 0 Å². The first-order chi connectivity index (χ1) is 14.5. The average molecular weight is 429 g/mol. The van der Waals surface area contributed by atoms with Gasteiger partial charge < -0.3 is 14.8 Å². The van der Waals surface area contributed by atoms with E-state index in [1.54, 1.807) is 12.1 Å². The van der Waals surface area contributed by atoms with E-state index in [0.29, 0.717) is 12.2 Å². The molecule has 0 saturated heterocycles. The topological polar surface area (TPSA) is 59.6 Å². The fraction of sp³-hybridized carbons (Fsp3) is 0.417. The number of anilines is 1.